The number of nitrogens with zero attached hydrogens (tertiary/aromatic N) is 3. The van der Waals surface area contributed by atoms with Gasteiger partial charge in [0.2, 0.25) is 5.43 Å². The Hall–Kier alpha value is -3.44. The first kappa shape index (κ1) is 20.3. The number of benzene rings is 2. The van der Waals surface area contributed by atoms with Gasteiger partial charge in [0.25, 0.3) is 0 Å². The zero-order chi connectivity index (χ0) is 21.2. The van der Waals surface area contributed by atoms with Crippen molar-refractivity contribution in [2.24, 2.45) is 15.5 Å². The average Bonchev–Trinajstić information content (AvgIpc) is 2.65. The lowest BCUT2D eigenvalue weighted by Gasteiger charge is -2.09. The van der Waals surface area contributed by atoms with Crippen LogP contribution >= 0.6 is 0 Å². The third kappa shape index (κ3) is 4.70. The molecule has 0 saturated heterocycles. The van der Waals surface area contributed by atoms with Crippen LogP contribution in [0.5, 0.6) is 11.5 Å². The van der Waals surface area contributed by atoms with Gasteiger partial charge in [0, 0.05) is 31.8 Å². The Labute approximate surface area is 166 Å². The van der Waals surface area contributed by atoms with E-state index < -0.39 is 10.3 Å². The van der Waals surface area contributed by atoms with Crippen LogP contribution in [0.1, 0.15) is 0 Å². The quantitative estimate of drug-likeness (QED) is 0.480. The molecule has 2 N–H and O–H groups in total. The molecule has 10 nitrogen and oxygen atoms in total. The summed E-state index contributed by atoms with van der Waals surface area (Å²) in [5.74, 6) is 0.484. The summed E-state index contributed by atoms with van der Waals surface area (Å²) in [6.45, 7) is 0. The van der Waals surface area contributed by atoms with Gasteiger partial charge in [-0.2, -0.15) is 13.6 Å². The van der Waals surface area contributed by atoms with Gasteiger partial charge in [-0.05, 0) is 24.3 Å². The Morgan fingerprint density at radius 1 is 1.07 bits per heavy atom. The SMILES string of the molecule is COc1ccc(-c2coc3cc(OS(N)(=O)=O)ccc3c2=O)c(N=NN(C)C)c1. The molecule has 0 radical (unpaired) electrons. The molecule has 152 valence electrons. The summed E-state index contributed by atoms with van der Waals surface area (Å²) >= 11 is 0. The molecular formula is C18H18N4O6S. The van der Waals surface area contributed by atoms with Gasteiger partial charge < -0.3 is 13.3 Å². The maximum absolute atomic E-state index is 13.0. The van der Waals surface area contributed by atoms with Gasteiger partial charge in [0.1, 0.15) is 23.3 Å². The van der Waals surface area contributed by atoms with Crippen LogP contribution in [-0.2, 0) is 10.3 Å². The fraction of sp³-hybridized carbons (Fsp3) is 0.167. The van der Waals surface area contributed by atoms with Crippen molar-refractivity contribution in [1.29, 1.82) is 0 Å². The fourth-order valence-electron chi connectivity index (χ4n) is 2.57. The maximum Gasteiger partial charge on any atom is 0.380 e. The molecule has 0 bridgehead atoms. The van der Waals surface area contributed by atoms with Crippen LogP contribution in [-0.4, -0.2) is 34.6 Å². The molecule has 0 spiro atoms. The largest absolute Gasteiger partial charge is 0.497 e. The van der Waals surface area contributed by atoms with E-state index >= 15 is 0 Å². The van der Waals surface area contributed by atoms with Gasteiger partial charge in [-0.15, -0.1) is 5.11 Å². The van der Waals surface area contributed by atoms with Gasteiger partial charge in [0.05, 0.1) is 23.7 Å². The van der Waals surface area contributed by atoms with E-state index in [1.807, 2.05) is 0 Å². The van der Waals surface area contributed by atoms with Crippen LogP contribution in [0.4, 0.5) is 5.69 Å². The van der Waals surface area contributed by atoms with Crippen LogP contribution in [0.15, 0.2) is 62.2 Å². The Morgan fingerprint density at radius 2 is 1.79 bits per heavy atom. The lowest BCUT2D eigenvalue weighted by molar-refractivity contribution is 0.406. The second-order valence-corrected chi connectivity index (χ2v) is 7.28. The minimum Gasteiger partial charge on any atom is -0.497 e. The van der Waals surface area contributed by atoms with Gasteiger partial charge >= 0.3 is 10.3 Å². The lowest BCUT2D eigenvalue weighted by Crippen LogP contribution is -2.19. The number of rotatable bonds is 6. The third-order valence-corrected chi connectivity index (χ3v) is 4.21. The van der Waals surface area contributed by atoms with Gasteiger partial charge in [-0.25, -0.2) is 0 Å². The summed E-state index contributed by atoms with van der Waals surface area (Å²) in [5, 5.41) is 14.7. The second kappa shape index (κ2) is 7.89. The number of methoxy groups -OCH3 is 1. The van der Waals surface area contributed by atoms with Crippen molar-refractivity contribution >= 4 is 27.0 Å². The molecule has 3 rings (SSSR count). The van der Waals surface area contributed by atoms with Crippen molar-refractivity contribution in [2.45, 2.75) is 0 Å². The molecule has 0 aliphatic heterocycles. The molecule has 0 amide bonds. The summed E-state index contributed by atoms with van der Waals surface area (Å²) in [7, 11) is 0.764. The normalized spacial score (nSPS) is 11.7. The highest BCUT2D eigenvalue weighted by Gasteiger charge is 2.15. The van der Waals surface area contributed by atoms with E-state index in [9.17, 15) is 13.2 Å². The molecule has 0 aliphatic carbocycles. The monoisotopic (exact) mass is 418 g/mol. The zero-order valence-electron chi connectivity index (χ0n) is 15.8. The van der Waals surface area contributed by atoms with Gasteiger partial charge in [-0.1, -0.05) is 5.22 Å². The molecule has 0 aliphatic rings. The Kier molecular flexibility index (Phi) is 5.52. The molecule has 0 saturated carbocycles. The number of fused-ring (bicyclic) bond motifs is 1. The molecule has 29 heavy (non-hydrogen) atoms. The first-order valence-electron chi connectivity index (χ1n) is 8.23. The van der Waals surface area contributed by atoms with E-state index in [1.54, 1.807) is 32.3 Å². The minimum absolute atomic E-state index is 0.0687. The number of nitrogens with two attached hydrogens (primary N) is 1. The minimum atomic E-state index is -4.19. The van der Waals surface area contributed by atoms with Gasteiger partial charge in [-0.3, -0.25) is 9.80 Å². The van der Waals surface area contributed by atoms with Crippen molar-refractivity contribution in [3.8, 4) is 22.6 Å². The first-order valence-corrected chi connectivity index (χ1v) is 9.70. The highest BCUT2D eigenvalue weighted by atomic mass is 32.2. The van der Waals surface area contributed by atoms with E-state index in [0.717, 1.165) is 0 Å². The maximum atomic E-state index is 13.0. The summed E-state index contributed by atoms with van der Waals surface area (Å²) in [6.07, 6.45) is 1.27. The molecule has 0 unspecified atom stereocenters. The summed E-state index contributed by atoms with van der Waals surface area (Å²) < 4.78 is 37.5. The van der Waals surface area contributed by atoms with E-state index in [1.165, 1.54) is 36.6 Å². The van der Waals surface area contributed by atoms with Crippen LogP contribution in [0.3, 0.4) is 0 Å². The Bertz CT molecular complexity index is 1250. The van der Waals surface area contributed by atoms with E-state index in [0.29, 0.717) is 17.0 Å². The molecule has 3 aromatic rings. The van der Waals surface area contributed by atoms with Crippen LogP contribution < -0.4 is 19.5 Å². The number of hydrogen-bond acceptors (Lipinski definition) is 8. The Balaban J connectivity index is 2.14. The molecule has 1 heterocycles. The van der Waals surface area contributed by atoms with Gasteiger partial charge in [0.15, 0.2) is 0 Å². The molecule has 11 heteroatoms. The van der Waals surface area contributed by atoms with Crippen LogP contribution in [0.2, 0.25) is 0 Å². The van der Waals surface area contributed by atoms with Crippen molar-refractivity contribution in [3.63, 3.8) is 0 Å². The standard InChI is InChI=1S/C18H18N4O6S/c1-22(2)21-20-16-8-11(26-3)4-6-13(16)15-10-27-17-9-12(28-29(19,24)25)5-7-14(17)18(15)23/h4-10H,1-3H3,(H2,19,24,25). The molecule has 2 aromatic carbocycles. The predicted octanol–water partition coefficient (Wildman–Crippen LogP) is 2.61. The van der Waals surface area contributed by atoms with E-state index in [2.05, 4.69) is 14.5 Å². The van der Waals surface area contributed by atoms with Crippen molar-refractivity contribution in [2.75, 3.05) is 21.2 Å². The second-order valence-electron chi connectivity index (χ2n) is 6.13. The Morgan fingerprint density at radius 3 is 2.45 bits per heavy atom. The van der Waals surface area contributed by atoms with Crippen molar-refractivity contribution in [1.82, 2.24) is 5.01 Å². The number of hydrogen-bond donors (Lipinski definition) is 1. The molecule has 0 atom stereocenters. The topological polar surface area (TPSA) is 137 Å². The zero-order valence-corrected chi connectivity index (χ0v) is 16.6. The summed E-state index contributed by atoms with van der Waals surface area (Å²) in [6, 6.07) is 9.00. The molecular weight excluding hydrogens is 400 g/mol. The molecule has 0 fully saturated rings. The fourth-order valence-corrected chi connectivity index (χ4v) is 2.94. The molecule has 1 aromatic heterocycles. The van der Waals surface area contributed by atoms with E-state index in [-0.39, 0.29) is 27.7 Å². The first-order chi connectivity index (χ1) is 13.7. The highest BCUT2D eigenvalue weighted by Crippen LogP contribution is 2.33. The van der Waals surface area contributed by atoms with E-state index in [4.69, 9.17) is 14.3 Å². The lowest BCUT2D eigenvalue weighted by atomic mass is 10.0. The van der Waals surface area contributed by atoms with Crippen molar-refractivity contribution < 1.29 is 21.8 Å². The summed E-state index contributed by atoms with van der Waals surface area (Å²) in [5.41, 5.74) is 0.980. The highest BCUT2D eigenvalue weighted by molar-refractivity contribution is 7.84. The van der Waals surface area contributed by atoms with Crippen LogP contribution in [0, 0.1) is 0 Å². The average molecular weight is 418 g/mol. The van der Waals surface area contributed by atoms with Crippen molar-refractivity contribution in [3.05, 3.63) is 52.9 Å². The third-order valence-electron chi connectivity index (χ3n) is 3.78. The summed E-state index contributed by atoms with van der Waals surface area (Å²) in [4.78, 5) is 13.0. The predicted molar refractivity (Wildman–Crippen MR) is 106 cm³/mol. The van der Waals surface area contributed by atoms with Crippen LogP contribution in [0.25, 0.3) is 22.1 Å². The smallest absolute Gasteiger partial charge is 0.380 e. The number of ether oxygens (including phenoxy) is 1.